The van der Waals surface area contributed by atoms with E-state index in [1.807, 2.05) is 11.8 Å². The molecule has 0 bridgehead atoms. The molecule has 2 fully saturated rings. The van der Waals surface area contributed by atoms with E-state index in [1.165, 1.54) is 15.6 Å². The zero-order chi connectivity index (χ0) is 14.5. The highest BCUT2D eigenvalue weighted by Crippen LogP contribution is 2.32. The summed E-state index contributed by atoms with van der Waals surface area (Å²) in [5.74, 6) is -0.0596. The van der Waals surface area contributed by atoms with Gasteiger partial charge >= 0.3 is 0 Å². The molecule has 2 aliphatic heterocycles. The van der Waals surface area contributed by atoms with E-state index in [4.69, 9.17) is 0 Å². The number of hydrogen-bond acceptors (Lipinski definition) is 4. The maximum atomic E-state index is 12.7. The molecular weight excluding hydrogens is 296 g/mol. The van der Waals surface area contributed by atoms with Crippen molar-refractivity contribution >= 4 is 27.3 Å². The molecule has 0 N–H and O–H groups in total. The van der Waals surface area contributed by atoms with Gasteiger partial charge in [0, 0.05) is 24.0 Å². The van der Waals surface area contributed by atoms with Gasteiger partial charge in [-0.2, -0.15) is 4.31 Å². The van der Waals surface area contributed by atoms with Crippen molar-refractivity contribution in [3.8, 4) is 0 Å². The van der Waals surface area contributed by atoms with Crippen LogP contribution in [0.25, 0.3) is 0 Å². The fraction of sp³-hybridized carbons (Fsp3) is 0.615. The SMILES string of the molecule is Cc1ccc(S(=O)(=O)N2CC3CCCN3C(=O)C2C)s1. The Morgan fingerprint density at radius 3 is 2.75 bits per heavy atom. The molecule has 0 spiro atoms. The van der Waals surface area contributed by atoms with E-state index in [2.05, 4.69) is 0 Å². The number of thiophene rings is 1. The molecule has 0 radical (unpaired) electrons. The highest BCUT2D eigenvalue weighted by Gasteiger charge is 2.45. The second kappa shape index (κ2) is 4.82. The smallest absolute Gasteiger partial charge is 0.253 e. The number of sulfonamides is 1. The van der Waals surface area contributed by atoms with Gasteiger partial charge in [-0.05, 0) is 38.8 Å². The third kappa shape index (κ3) is 2.08. The molecule has 1 amide bonds. The first-order chi connectivity index (χ1) is 9.41. The minimum atomic E-state index is -3.56. The van der Waals surface area contributed by atoms with Gasteiger partial charge in [0.1, 0.15) is 10.3 Å². The van der Waals surface area contributed by atoms with Gasteiger partial charge in [0.25, 0.3) is 10.0 Å². The van der Waals surface area contributed by atoms with Crippen molar-refractivity contribution < 1.29 is 13.2 Å². The molecule has 20 heavy (non-hydrogen) atoms. The first kappa shape index (κ1) is 14.0. The molecule has 2 unspecified atom stereocenters. The number of hydrogen-bond donors (Lipinski definition) is 0. The Morgan fingerprint density at radius 2 is 2.10 bits per heavy atom. The molecule has 0 saturated carbocycles. The van der Waals surface area contributed by atoms with Crippen LogP contribution in [0.3, 0.4) is 0 Å². The average Bonchev–Trinajstić information content (AvgIpc) is 3.02. The molecule has 1 aromatic heterocycles. The van der Waals surface area contributed by atoms with Gasteiger partial charge in [-0.15, -0.1) is 11.3 Å². The Labute approximate surface area is 123 Å². The lowest BCUT2D eigenvalue weighted by molar-refractivity contribution is -0.139. The number of fused-ring (bicyclic) bond motifs is 1. The number of piperazine rings is 1. The van der Waals surface area contributed by atoms with Crippen LogP contribution in [0.1, 0.15) is 24.6 Å². The van der Waals surface area contributed by atoms with Crippen LogP contribution in [-0.2, 0) is 14.8 Å². The normalized spacial score (nSPS) is 27.9. The number of rotatable bonds is 2. The van der Waals surface area contributed by atoms with E-state index < -0.39 is 16.1 Å². The Morgan fingerprint density at radius 1 is 1.35 bits per heavy atom. The van der Waals surface area contributed by atoms with Crippen molar-refractivity contribution in [2.45, 2.75) is 43.0 Å². The molecule has 2 aliphatic rings. The monoisotopic (exact) mass is 314 g/mol. The highest BCUT2D eigenvalue weighted by atomic mass is 32.2. The van der Waals surface area contributed by atoms with Crippen LogP contribution in [0.15, 0.2) is 16.3 Å². The van der Waals surface area contributed by atoms with Crippen LogP contribution in [0.2, 0.25) is 0 Å². The molecule has 1 aromatic rings. The van der Waals surface area contributed by atoms with Crippen LogP contribution < -0.4 is 0 Å². The second-order valence-corrected chi connectivity index (χ2v) is 8.85. The summed E-state index contributed by atoms with van der Waals surface area (Å²) in [6.45, 7) is 4.76. The second-order valence-electron chi connectivity index (χ2n) is 5.44. The van der Waals surface area contributed by atoms with Crippen LogP contribution in [-0.4, -0.2) is 48.7 Å². The molecule has 5 nitrogen and oxygen atoms in total. The van der Waals surface area contributed by atoms with E-state index in [-0.39, 0.29) is 11.9 Å². The van der Waals surface area contributed by atoms with Crippen molar-refractivity contribution in [2.24, 2.45) is 0 Å². The van der Waals surface area contributed by atoms with Crippen molar-refractivity contribution in [2.75, 3.05) is 13.1 Å². The zero-order valence-corrected chi connectivity index (χ0v) is 13.2. The summed E-state index contributed by atoms with van der Waals surface area (Å²) >= 11 is 1.26. The Balaban J connectivity index is 1.95. The van der Waals surface area contributed by atoms with Crippen molar-refractivity contribution in [1.82, 2.24) is 9.21 Å². The molecule has 0 aliphatic carbocycles. The van der Waals surface area contributed by atoms with Gasteiger partial charge in [-0.1, -0.05) is 0 Å². The van der Waals surface area contributed by atoms with Crippen LogP contribution in [0.4, 0.5) is 0 Å². The molecule has 3 heterocycles. The van der Waals surface area contributed by atoms with E-state index >= 15 is 0 Å². The zero-order valence-electron chi connectivity index (χ0n) is 11.6. The number of nitrogens with zero attached hydrogens (tertiary/aromatic N) is 2. The fourth-order valence-corrected chi connectivity index (χ4v) is 6.06. The third-order valence-electron chi connectivity index (χ3n) is 4.12. The molecule has 3 rings (SSSR count). The van der Waals surface area contributed by atoms with E-state index in [0.717, 1.165) is 24.3 Å². The number of carbonyl (C=O) groups is 1. The lowest BCUT2D eigenvalue weighted by Crippen LogP contribution is -2.59. The largest absolute Gasteiger partial charge is 0.337 e. The summed E-state index contributed by atoms with van der Waals surface area (Å²) in [7, 11) is -3.56. The summed E-state index contributed by atoms with van der Waals surface area (Å²) in [5, 5.41) is 0. The van der Waals surface area contributed by atoms with Gasteiger partial charge in [-0.3, -0.25) is 4.79 Å². The quantitative estimate of drug-likeness (QED) is 0.830. The van der Waals surface area contributed by atoms with Gasteiger partial charge in [0.2, 0.25) is 5.91 Å². The standard InChI is InChI=1S/C13H18N2O3S2/c1-9-5-6-12(19-9)20(17,18)15-8-11-4-3-7-14(11)13(16)10(15)2/h5-6,10-11H,3-4,7-8H2,1-2H3. The lowest BCUT2D eigenvalue weighted by Gasteiger charge is -2.40. The molecule has 110 valence electrons. The van der Waals surface area contributed by atoms with E-state index in [0.29, 0.717) is 10.8 Å². The molecule has 0 aromatic carbocycles. The summed E-state index contributed by atoms with van der Waals surface area (Å²) in [5.41, 5.74) is 0. The first-order valence-electron chi connectivity index (χ1n) is 6.80. The number of amides is 1. The Kier molecular flexibility index (Phi) is 3.38. The minimum absolute atomic E-state index is 0.0505. The van der Waals surface area contributed by atoms with Crippen LogP contribution in [0, 0.1) is 6.92 Å². The Hall–Kier alpha value is -0.920. The minimum Gasteiger partial charge on any atom is -0.337 e. The predicted octanol–water partition coefficient (Wildman–Crippen LogP) is 1.44. The van der Waals surface area contributed by atoms with Crippen molar-refractivity contribution in [3.63, 3.8) is 0 Å². The van der Waals surface area contributed by atoms with E-state index in [9.17, 15) is 13.2 Å². The fourth-order valence-electron chi connectivity index (χ4n) is 3.02. The Bertz CT molecular complexity index is 638. The summed E-state index contributed by atoms with van der Waals surface area (Å²) in [6.07, 6.45) is 1.86. The summed E-state index contributed by atoms with van der Waals surface area (Å²) in [4.78, 5) is 15.1. The average molecular weight is 314 g/mol. The van der Waals surface area contributed by atoms with Crippen LogP contribution >= 0.6 is 11.3 Å². The van der Waals surface area contributed by atoms with Gasteiger partial charge < -0.3 is 4.90 Å². The summed E-state index contributed by atoms with van der Waals surface area (Å²) in [6, 6.07) is 2.88. The number of aryl methyl sites for hydroxylation is 1. The third-order valence-corrected chi connectivity index (χ3v) is 7.52. The molecular formula is C13H18N2O3S2. The van der Waals surface area contributed by atoms with Gasteiger partial charge in [-0.25, -0.2) is 8.42 Å². The van der Waals surface area contributed by atoms with Crippen molar-refractivity contribution in [1.29, 1.82) is 0 Å². The molecule has 2 atom stereocenters. The van der Waals surface area contributed by atoms with E-state index in [1.54, 1.807) is 19.1 Å². The van der Waals surface area contributed by atoms with Gasteiger partial charge in [0.05, 0.1) is 0 Å². The highest BCUT2D eigenvalue weighted by molar-refractivity contribution is 7.91. The predicted molar refractivity (Wildman–Crippen MR) is 77.1 cm³/mol. The topological polar surface area (TPSA) is 57.7 Å². The first-order valence-corrected chi connectivity index (χ1v) is 9.05. The maximum absolute atomic E-state index is 12.7. The summed E-state index contributed by atoms with van der Waals surface area (Å²) < 4.78 is 27.1. The number of carbonyl (C=O) groups excluding carboxylic acids is 1. The molecule has 2 saturated heterocycles. The lowest BCUT2D eigenvalue weighted by atomic mass is 10.1. The maximum Gasteiger partial charge on any atom is 0.253 e. The molecule has 7 heteroatoms. The van der Waals surface area contributed by atoms with Crippen LogP contribution in [0.5, 0.6) is 0 Å². The van der Waals surface area contributed by atoms with Gasteiger partial charge in [0.15, 0.2) is 0 Å². The van der Waals surface area contributed by atoms with Crippen molar-refractivity contribution in [3.05, 3.63) is 17.0 Å².